The molecule has 0 saturated carbocycles. The molecule has 7 nitrogen and oxygen atoms in total. The maximum atomic E-state index is 12.0. The number of rotatable bonds is 4. The first kappa shape index (κ1) is 13.1. The van der Waals surface area contributed by atoms with E-state index in [4.69, 9.17) is 5.73 Å². The molecular formula is C12H18N6O. The number of nitrogen functional groups attached to an aromatic ring is 1. The lowest BCUT2D eigenvalue weighted by Gasteiger charge is -2.06. The summed E-state index contributed by atoms with van der Waals surface area (Å²) in [6.07, 6.45) is 2.51. The van der Waals surface area contributed by atoms with E-state index in [1.807, 2.05) is 20.8 Å². The third kappa shape index (κ3) is 2.59. The van der Waals surface area contributed by atoms with E-state index in [1.54, 1.807) is 10.9 Å². The molecule has 2 aromatic heterocycles. The van der Waals surface area contributed by atoms with Gasteiger partial charge in [0.2, 0.25) is 5.91 Å². The van der Waals surface area contributed by atoms with Gasteiger partial charge in [0.25, 0.3) is 0 Å². The van der Waals surface area contributed by atoms with Crippen LogP contribution in [0.5, 0.6) is 0 Å². The number of amides is 1. The first-order chi connectivity index (χ1) is 9.02. The molecule has 102 valence electrons. The van der Waals surface area contributed by atoms with Crippen LogP contribution in [0.15, 0.2) is 6.20 Å². The standard InChI is InChI=1S/C12H18N6O/c1-4-9-5-14-16-12(9)15-10(19)6-18-8(3)11(13)7(2)17-18/h5H,4,6,13H2,1-3H3,(H2,14,15,16,19). The Morgan fingerprint density at radius 2 is 2.26 bits per heavy atom. The van der Waals surface area contributed by atoms with Crippen LogP contribution in [0.2, 0.25) is 0 Å². The summed E-state index contributed by atoms with van der Waals surface area (Å²) in [6.45, 7) is 5.80. The molecule has 7 heteroatoms. The summed E-state index contributed by atoms with van der Waals surface area (Å²) in [7, 11) is 0. The van der Waals surface area contributed by atoms with Gasteiger partial charge in [-0.25, -0.2) is 0 Å². The summed E-state index contributed by atoms with van der Waals surface area (Å²) in [5.41, 5.74) is 8.97. The van der Waals surface area contributed by atoms with Crippen LogP contribution in [0.1, 0.15) is 23.9 Å². The van der Waals surface area contributed by atoms with Crippen molar-refractivity contribution in [3.8, 4) is 0 Å². The fourth-order valence-corrected chi connectivity index (χ4v) is 1.87. The lowest BCUT2D eigenvalue weighted by Crippen LogP contribution is -2.21. The van der Waals surface area contributed by atoms with E-state index in [9.17, 15) is 4.79 Å². The first-order valence-corrected chi connectivity index (χ1v) is 6.14. The Hall–Kier alpha value is -2.31. The van der Waals surface area contributed by atoms with E-state index in [0.717, 1.165) is 23.4 Å². The van der Waals surface area contributed by atoms with Crippen LogP contribution in [-0.4, -0.2) is 25.9 Å². The van der Waals surface area contributed by atoms with Crippen molar-refractivity contribution in [2.24, 2.45) is 0 Å². The van der Waals surface area contributed by atoms with Crippen LogP contribution in [0.3, 0.4) is 0 Å². The zero-order chi connectivity index (χ0) is 14.0. The van der Waals surface area contributed by atoms with Crippen LogP contribution < -0.4 is 11.1 Å². The van der Waals surface area contributed by atoms with Crippen LogP contribution in [0.25, 0.3) is 0 Å². The molecule has 0 aliphatic carbocycles. The lowest BCUT2D eigenvalue weighted by molar-refractivity contribution is -0.117. The molecule has 0 aliphatic rings. The number of H-pyrrole nitrogens is 1. The van der Waals surface area contributed by atoms with Crippen LogP contribution in [-0.2, 0) is 17.8 Å². The molecule has 2 heterocycles. The molecule has 4 N–H and O–H groups in total. The summed E-state index contributed by atoms with van der Waals surface area (Å²) in [5.74, 6) is 0.478. The molecule has 0 radical (unpaired) electrons. The smallest absolute Gasteiger partial charge is 0.247 e. The Balaban J connectivity index is 2.07. The molecule has 2 aromatic rings. The van der Waals surface area contributed by atoms with Gasteiger partial charge in [-0.2, -0.15) is 10.2 Å². The quantitative estimate of drug-likeness (QED) is 0.765. The van der Waals surface area contributed by atoms with Gasteiger partial charge in [-0.05, 0) is 20.3 Å². The SMILES string of the molecule is CCc1cn[nH]c1NC(=O)Cn1nc(C)c(N)c1C. The molecule has 0 bridgehead atoms. The Morgan fingerprint density at radius 3 is 2.84 bits per heavy atom. The maximum Gasteiger partial charge on any atom is 0.247 e. The Kier molecular flexibility index (Phi) is 3.55. The van der Waals surface area contributed by atoms with Gasteiger partial charge in [-0.15, -0.1) is 0 Å². The maximum absolute atomic E-state index is 12.0. The molecule has 1 amide bonds. The van der Waals surface area contributed by atoms with Crippen molar-refractivity contribution < 1.29 is 4.79 Å². The fraction of sp³-hybridized carbons (Fsp3) is 0.417. The monoisotopic (exact) mass is 262 g/mol. The predicted molar refractivity (Wildman–Crippen MR) is 72.7 cm³/mol. The molecule has 2 rings (SSSR count). The zero-order valence-electron chi connectivity index (χ0n) is 11.3. The van der Waals surface area contributed by atoms with E-state index in [2.05, 4.69) is 20.6 Å². The van der Waals surface area contributed by atoms with Crippen molar-refractivity contribution in [3.63, 3.8) is 0 Å². The minimum Gasteiger partial charge on any atom is -0.396 e. The van der Waals surface area contributed by atoms with Crippen molar-refractivity contribution in [1.82, 2.24) is 20.0 Å². The molecule has 0 spiro atoms. The molecule has 0 fully saturated rings. The fourth-order valence-electron chi connectivity index (χ4n) is 1.87. The number of aromatic amines is 1. The molecule has 0 aliphatic heterocycles. The second-order valence-corrected chi connectivity index (χ2v) is 4.41. The van der Waals surface area contributed by atoms with E-state index < -0.39 is 0 Å². The van der Waals surface area contributed by atoms with Crippen LogP contribution >= 0.6 is 0 Å². The van der Waals surface area contributed by atoms with Gasteiger partial charge < -0.3 is 11.1 Å². The number of nitrogens with one attached hydrogen (secondary N) is 2. The second kappa shape index (κ2) is 5.13. The number of hydrogen-bond donors (Lipinski definition) is 3. The van der Waals surface area contributed by atoms with Gasteiger partial charge in [0.05, 0.1) is 23.3 Å². The minimum absolute atomic E-state index is 0.131. The highest BCUT2D eigenvalue weighted by molar-refractivity contribution is 5.90. The van der Waals surface area contributed by atoms with Gasteiger partial charge in [0.15, 0.2) is 0 Å². The highest BCUT2D eigenvalue weighted by Crippen LogP contribution is 2.15. The lowest BCUT2D eigenvalue weighted by atomic mass is 10.2. The second-order valence-electron chi connectivity index (χ2n) is 4.41. The molecular weight excluding hydrogens is 244 g/mol. The minimum atomic E-state index is -0.162. The third-order valence-electron chi connectivity index (χ3n) is 3.09. The van der Waals surface area contributed by atoms with E-state index >= 15 is 0 Å². The molecule has 0 atom stereocenters. The highest BCUT2D eigenvalue weighted by Gasteiger charge is 2.13. The number of nitrogens with two attached hydrogens (primary N) is 1. The molecule has 0 saturated heterocycles. The highest BCUT2D eigenvalue weighted by atomic mass is 16.2. The average Bonchev–Trinajstić information content (AvgIpc) is 2.91. The van der Waals surface area contributed by atoms with E-state index in [1.165, 1.54) is 0 Å². The first-order valence-electron chi connectivity index (χ1n) is 6.14. The largest absolute Gasteiger partial charge is 0.396 e. The van der Waals surface area contributed by atoms with Gasteiger partial charge in [0.1, 0.15) is 12.4 Å². The van der Waals surface area contributed by atoms with Gasteiger partial charge in [0, 0.05) is 5.56 Å². The number of hydrogen-bond acceptors (Lipinski definition) is 4. The number of carbonyl (C=O) groups is 1. The molecule has 0 unspecified atom stereocenters. The van der Waals surface area contributed by atoms with Gasteiger partial charge >= 0.3 is 0 Å². The number of aryl methyl sites for hydroxylation is 2. The Labute approximate surface area is 111 Å². The topological polar surface area (TPSA) is 102 Å². The van der Waals surface area contributed by atoms with Crippen molar-refractivity contribution >= 4 is 17.4 Å². The summed E-state index contributed by atoms with van der Waals surface area (Å²) in [5, 5.41) is 13.7. The van der Waals surface area contributed by atoms with Crippen LogP contribution in [0.4, 0.5) is 11.5 Å². The number of anilines is 2. The predicted octanol–water partition coefficient (Wildman–Crippen LogP) is 1.01. The van der Waals surface area contributed by atoms with Gasteiger partial charge in [-0.1, -0.05) is 6.92 Å². The summed E-state index contributed by atoms with van der Waals surface area (Å²) < 4.78 is 1.60. The number of nitrogens with zero attached hydrogens (tertiary/aromatic N) is 3. The summed E-state index contributed by atoms with van der Waals surface area (Å²) in [4.78, 5) is 12.0. The van der Waals surface area contributed by atoms with Gasteiger partial charge in [-0.3, -0.25) is 14.6 Å². The van der Waals surface area contributed by atoms with Crippen molar-refractivity contribution in [2.75, 3.05) is 11.1 Å². The van der Waals surface area contributed by atoms with Crippen molar-refractivity contribution in [2.45, 2.75) is 33.7 Å². The third-order valence-corrected chi connectivity index (χ3v) is 3.09. The Bertz CT molecular complexity index is 597. The van der Waals surface area contributed by atoms with E-state index in [0.29, 0.717) is 11.5 Å². The number of carbonyl (C=O) groups excluding carboxylic acids is 1. The normalized spacial score (nSPS) is 10.7. The molecule has 19 heavy (non-hydrogen) atoms. The Morgan fingerprint density at radius 1 is 1.53 bits per heavy atom. The average molecular weight is 262 g/mol. The molecule has 0 aromatic carbocycles. The zero-order valence-corrected chi connectivity index (χ0v) is 11.3. The van der Waals surface area contributed by atoms with Crippen LogP contribution in [0, 0.1) is 13.8 Å². The summed E-state index contributed by atoms with van der Waals surface area (Å²) >= 11 is 0. The number of aromatic nitrogens is 4. The van der Waals surface area contributed by atoms with E-state index in [-0.39, 0.29) is 12.5 Å². The van der Waals surface area contributed by atoms with Crippen molar-refractivity contribution in [3.05, 3.63) is 23.1 Å². The van der Waals surface area contributed by atoms with Crippen molar-refractivity contribution in [1.29, 1.82) is 0 Å². The summed E-state index contributed by atoms with van der Waals surface area (Å²) in [6, 6.07) is 0.